The van der Waals surface area contributed by atoms with Crippen LogP contribution in [0.4, 0.5) is 5.69 Å². The van der Waals surface area contributed by atoms with Crippen molar-refractivity contribution in [3.63, 3.8) is 0 Å². The minimum absolute atomic E-state index is 0.0625. The quantitative estimate of drug-likeness (QED) is 0.669. The molecule has 1 fully saturated rings. The average Bonchev–Trinajstić information content (AvgIpc) is 2.92. The molecule has 3 rings (SSSR count). The van der Waals surface area contributed by atoms with Crippen LogP contribution in [0.1, 0.15) is 39.2 Å². The Morgan fingerprint density at radius 1 is 1.43 bits per heavy atom. The molecule has 112 valence electrons. The lowest BCUT2D eigenvalue weighted by Gasteiger charge is -2.31. The van der Waals surface area contributed by atoms with Crippen molar-refractivity contribution in [2.45, 2.75) is 45.3 Å². The molecule has 4 heteroatoms. The Labute approximate surface area is 125 Å². The molecule has 1 saturated heterocycles. The van der Waals surface area contributed by atoms with Crippen molar-refractivity contribution in [3.05, 3.63) is 29.8 Å². The summed E-state index contributed by atoms with van der Waals surface area (Å²) < 4.78 is 10.8. The van der Waals surface area contributed by atoms with Gasteiger partial charge in [-0.3, -0.25) is 0 Å². The number of carbonyl (C=O) groups is 1. The lowest BCUT2D eigenvalue weighted by molar-refractivity contribution is -0.144. The van der Waals surface area contributed by atoms with E-state index < -0.39 is 6.10 Å². The Morgan fingerprint density at radius 2 is 2.24 bits per heavy atom. The second-order valence-electron chi connectivity index (χ2n) is 6.30. The van der Waals surface area contributed by atoms with E-state index in [9.17, 15) is 4.79 Å². The average molecular weight is 287 g/mol. The predicted molar refractivity (Wildman–Crippen MR) is 82.4 cm³/mol. The van der Waals surface area contributed by atoms with Gasteiger partial charge >= 0.3 is 5.97 Å². The Kier molecular flexibility index (Phi) is 3.49. The summed E-state index contributed by atoms with van der Waals surface area (Å²) in [6.07, 6.45) is 3.44. The number of ether oxygens (including phenoxy) is 2. The number of anilines is 1. The number of nitrogens with one attached hydrogen (secondary N) is 1. The fourth-order valence-electron chi connectivity index (χ4n) is 2.97. The van der Waals surface area contributed by atoms with Crippen LogP contribution in [0.5, 0.6) is 5.75 Å². The highest BCUT2D eigenvalue weighted by Gasteiger charge is 2.27. The van der Waals surface area contributed by atoms with Crippen LogP contribution in [0.2, 0.25) is 0 Å². The minimum Gasteiger partial charge on any atom is -0.425 e. The van der Waals surface area contributed by atoms with Crippen molar-refractivity contribution in [1.82, 2.24) is 0 Å². The summed E-state index contributed by atoms with van der Waals surface area (Å²) in [5.74, 6) is 0.279. The first kappa shape index (κ1) is 14.1. The van der Waals surface area contributed by atoms with Gasteiger partial charge < -0.3 is 14.8 Å². The zero-order valence-electron chi connectivity index (χ0n) is 12.7. The van der Waals surface area contributed by atoms with Crippen LogP contribution in [0.3, 0.4) is 0 Å². The number of carbonyl (C=O) groups excluding carboxylic acids is 1. The van der Waals surface area contributed by atoms with Crippen LogP contribution < -0.4 is 10.1 Å². The van der Waals surface area contributed by atoms with Gasteiger partial charge in [-0.1, -0.05) is 6.08 Å². The molecular weight excluding hydrogens is 266 g/mol. The molecule has 0 amide bonds. The monoisotopic (exact) mass is 287 g/mol. The van der Waals surface area contributed by atoms with Crippen molar-refractivity contribution in [1.29, 1.82) is 0 Å². The maximum Gasteiger partial charge on any atom is 0.340 e. The van der Waals surface area contributed by atoms with E-state index in [-0.39, 0.29) is 11.5 Å². The lowest BCUT2D eigenvalue weighted by Crippen LogP contribution is -2.31. The molecule has 2 heterocycles. The normalized spacial score (nSPS) is 23.0. The van der Waals surface area contributed by atoms with Crippen molar-refractivity contribution in [3.8, 4) is 5.75 Å². The smallest absolute Gasteiger partial charge is 0.340 e. The summed E-state index contributed by atoms with van der Waals surface area (Å²) in [4.78, 5) is 12.0. The zero-order valence-corrected chi connectivity index (χ0v) is 12.7. The van der Waals surface area contributed by atoms with E-state index in [1.807, 2.05) is 18.2 Å². The molecule has 1 atom stereocenters. The van der Waals surface area contributed by atoms with Gasteiger partial charge in [0.25, 0.3) is 0 Å². The molecule has 4 nitrogen and oxygen atoms in total. The first-order valence-corrected chi connectivity index (χ1v) is 7.40. The summed E-state index contributed by atoms with van der Waals surface area (Å²) >= 11 is 0. The van der Waals surface area contributed by atoms with Crippen LogP contribution in [0.25, 0.3) is 5.57 Å². The van der Waals surface area contributed by atoms with E-state index in [2.05, 4.69) is 32.2 Å². The molecule has 1 N–H and O–H groups in total. The maximum atomic E-state index is 12.0. The Bertz CT molecular complexity index is 598. The van der Waals surface area contributed by atoms with Gasteiger partial charge in [0.05, 0.1) is 5.54 Å². The second-order valence-corrected chi connectivity index (χ2v) is 6.30. The molecule has 0 spiro atoms. The van der Waals surface area contributed by atoms with E-state index in [0.29, 0.717) is 12.4 Å². The number of hydrogen-bond donors (Lipinski definition) is 1. The summed E-state index contributed by atoms with van der Waals surface area (Å²) in [6, 6.07) is 5.70. The van der Waals surface area contributed by atoms with Gasteiger partial charge in [0, 0.05) is 17.9 Å². The number of benzene rings is 1. The second kappa shape index (κ2) is 5.19. The lowest BCUT2D eigenvalue weighted by atomic mass is 9.91. The van der Waals surface area contributed by atoms with E-state index in [1.165, 1.54) is 5.57 Å². The van der Waals surface area contributed by atoms with Crippen LogP contribution in [0.15, 0.2) is 24.3 Å². The molecule has 1 aromatic rings. The van der Waals surface area contributed by atoms with Crippen molar-refractivity contribution in [2.75, 3.05) is 11.9 Å². The van der Waals surface area contributed by atoms with Crippen molar-refractivity contribution in [2.24, 2.45) is 0 Å². The van der Waals surface area contributed by atoms with E-state index in [4.69, 9.17) is 9.47 Å². The molecule has 2 aliphatic rings. The highest BCUT2D eigenvalue weighted by Crippen LogP contribution is 2.35. The molecule has 21 heavy (non-hydrogen) atoms. The third kappa shape index (κ3) is 2.95. The van der Waals surface area contributed by atoms with Gasteiger partial charge in [0.15, 0.2) is 6.10 Å². The zero-order chi connectivity index (χ0) is 15.0. The number of esters is 1. The molecule has 0 saturated carbocycles. The number of rotatable bonds is 2. The third-order valence-electron chi connectivity index (χ3n) is 3.86. The largest absolute Gasteiger partial charge is 0.425 e. The van der Waals surface area contributed by atoms with Crippen LogP contribution in [-0.4, -0.2) is 24.2 Å². The standard InChI is InChI=1S/C17H21NO3/c1-11-10-17(2,3)18-14-7-6-12(9-13(11)14)21-16(19)15-5-4-8-20-15/h6-7,9-10,15,18H,4-5,8H2,1-3H3. The third-order valence-corrected chi connectivity index (χ3v) is 3.86. The van der Waals surface area contributed by atoms with E-state index in [1.54, 1.807) is 0 Å². The minimum atomic E-state index is -0.408. The van der Waals surface area contributed by atoms with Gasteiger partial charge in [0.2, 0.25) is 0 Å². The van der Waals surface area contributed by atoms with Crippen LogP contribution in [-0.2, 0) is 9.53 Å². The first-order valence-electron chi connectivity index (χ1n) is 7.40. The fourth-order valence-corrected chi connectivity index (χ4v) is 2.97. The number of allylic oxidation sites excluding steroid dienone is 1. The van der Waals surface area contributed by atoms with E-state index >= 15 is 0 Å². The topological polar surface area (TPSA) is 47.6 Å². The molecule has 1 unspecified atom stereocenters. The molecule has 0 aromatic heterocycles. The van der Waals surface area contributed by atoms with Crippen LogP contribution in [0, 0.1) is 0 Å². The van der Waals surface area contributed by atoms with Gasteiger partial charge in [-0.05, 0) is 57.4 Å². The summed E-state index contributed by atoms with van der Waals surface area (Å²) in [5.41, 5.74) is 3.26. The Hall–Kier alpha value is -1.81. The summed E-state index contributed by atoms with van der Waals surface area (Å²) in [6.45, 7) is 6.98. The molecular formula is C17H21NO3. The molecule has 1 aromatic carbocycles. The van der Waals surface area contributed by atoms with Gasteiger partial charge in [-0.2, -0.15) is 0 Å². The van der Waals surface area contributed by atoms with Gasteiger partial charge in [-0.25, -0.2) is 4.79 Å². The Balaban J connectivity index is 1.80. The number of fused-ring (bicyclic) bond motifs is 1. The molecule has 2 aliphatic heterocycles. The molecule has 0 radical (unpaired) electrons. The highest BCUT2D eigenvalue weighted by molar-refractivity contribution is 5.82. The Morgan fingerprint density at radius 3 is 2.95 bits per heavy atom. The van der Waals surface area contributed by atoms with E-state index in [0.717, 1.165) is 24.1 Å². The first-order chi connectivity index (χ1) is 9.94. The predicted octanol–water partition coefficient (Wildman–Crippen LogP) is 3.38. The van der Waals surface area contributed by atoms with Crippen molar-refractivity contribution >= 4 is 17.2 Å². The summed E-state index contributed by atoms with van der Waals surface area (Å²) in [7, 11) is 0. The van der Waals surface area contributed by atoms with Crippen molar-refractivity contribution < 1.29 is 14.3 Å². The highest BCUT2D eigenvalue weighted by atomic mass is 16.6. The summed E-state index contributed by atoms with van der Waals surface area (Å²) in [5, 5.41) is 3.46. The number of hydrogen-bond acceptors (Lipinski definition) is 4. The molecule has 0 aliphatic carbocycles. The molecule has 0 bridgehead atoms. The van der Waals surface area contributed by atoms with Gasteiger partial charge in [0.1, 0.15) is 5.75 Å². The fraction of sp³-hybridized carbons (Fsp3) is 0.471. The van der Waals surface area contributed by atoms with Gasteiger partial charge in [-0.15, -0.1) is 0 Å². The maximum absolute atomic E-state index is 12.0. The van der Waals surface area contributed by atoms with Crippen LogP contribution >= 0.6 is 0 Å². The SMILES string of the molecule is CC1=CC(C)(C)Nc2ccc(OC(=O)C3CCCO3)cc21.